The molecule has 0 aromatic carbocycles. The monoisotopic (exact) mass is 554 g/mol. The lowest BCUT2D eigenvalue weighted by Gasteiger charge is -2.29. The topological polar surface area (TPSA) is 155 Å². The van der Waals surface area contributed by atoms with Gasteiger partial charge in [0.05, 0.1) is 47.9 Å². The molecule has 40 heavy (non-hydrogen) atoms. The van der Waals surface area contributed by atoms with Crippen molar-refractivity contribution in [2.45, 2.75) is 82.6 Å². The number of hydrogen-bond donors (Lipinski definition) is 3. The van der Waals surface area contributed by atoms with E-state index in [-0.39, 0.29) is 30.2 Å². The number of fused-ring (bicyclic) bond motifs is 1. The SMILES string of the molecule is COCCn1ncc(C(N)=O)c1O[C@H]1CC[C@H](NC(=O)c2cnn3c(C4CC4)c(OCC(C)(C)O)ccc23)CC1. The number of aliphatic hydroxyl groups is 1. The summed E-state index contributed by atoms with van der Waals surface area (Å²) in [6.07, 6.45) is 7.88. The zero-order valence-electron chi connectivity index (χ0n) is 23.3. The quantitative estimate of drug-likeness (QED) is 0.308. The summed E-state index contributed by atoms with van der Waals surface area (Å²) >= 11 is 0. The van der Waals surface area contributed by atoms with Crippen LogP contribution in [-0.4, -0.2) is 74.4 Å². The van der Waals surface area contributed by atoms with E-state index in [1.165, 1.54) is 6.20 Å². The second-order valence-electron chi connectivity index (χ2n) is 11.3. The number of nitrogens with one attached hydrogen (secondary N) is 1. The third kappa shape index (κ3) is 6.23. The van der Waals surface area contributed by atoms with Crippen molar-refractivity contribution >= 4 is 17.3 Å². The normalized spacial score (nSPS) is 19.5. The van der Waals surface area contributed by atoms with Gasteiger partial charge in [0.15, 0.2) is 0 Å². The number of nitrogens with two attached hydrogens (primary N) is 1. The van der Waals surface area contributed by atoms with E-state index < -0.39 is 11.5 Å². The first-order valence-electron chi connectivity index (χ1n) is 13.8. The van der Waals surface area contributed by atoms with Crippen molar-refractivity contribution in [3.63, 3.8) is 0 Å². The lowest BCUT2D eigenvalue weighted by molar-refractivity contribution is 0.0279. The van der Waals surface area contributed by atoms with E-state index in [4.69, 9.17) is 19.9 Å². The Balaban J connectivity index is 1.22. The van der Waals surface area contributed by atoms with Crippen LogP contribution in [0.15, 0.2) is 24.5 Å². The molecule has 2 aliphatic carbocycles. The molecule has 2 fully saturated rings. The predicted octanol–water partition coefficient (Wildman–Crippen LogP) is 2.42. The lowest BCUT2D eigenvalue weighted by atomic mass is 9.92. The number of carbonyl (C=O) groups excluding carboxylic acids is 2. The molecule has 12 nitrogen and oxygen atoms in total. The van der Waals surface area contributed by atoms with Crippen LogP contribution in [0.4, 0.5) is 0 Å². The molecule has 3 aromatic rings. The van der Waals surface area contributed by atoms with Crippen LogP contribution in [0.1, 0.15) is 84.7 Å². The fourth-order valence-corrected chi connectivity index (χ4v) is 5.09. The van der Waals surface area contributed by atoms with Gasteiger partial charge in [-0.1, -0.05) is 0 Å². The highest BCUT2D eigenvalue weighted by atomic mass is 16.5. The van der Waals surface area contributed by atoms with Gasteiger partial charge in [0.1, 0.15) is 24.0 Å². The average Bonchev–Trinajstić information content (AvgIpc) is 3.53. The van der Waals surface area contributed by atoms with Crippen LogP contribution in [0.5, 0.6) is 11.6 Å². The number of hydrogen-bond acceptors (Lipinski definition) is 8. The van der Waals surface area contributed by atoms with E-state index in [0.29, 0.717) is 49.1 Å². The Morgan fingerprint density at radius 3 is 2.48 bits per heavy atom. The molecular formula is C28H38N6O6. The van der Waals surface area contributed by atoms with E-state index >= 15 is 0 Å². The van der Waals surface area contributed by atoms with Crippen LogP contribution in [0, 0.1) is 0 Å². The minimum Gasteiger partial charge on any atom is -0.489 e. The molecule has 0 atom stereocenters. The molecule has 2 saturated carbocycles. The minimum absolute atomic E-state index is 0.00592. The maximum atomic E-state index is 13.3. The van der Waals surface area contributed by atoms with E-state index in [1.54, 1.807) is 36.4 Å². The van der Waals surface area contributed by atoms with Crippen LogP contribution >= 0.6 is 0 Å². The molecule has 2 amide bonds. The molecule has 0 unspecified atom stereocenters. The Bertz CT molecular complexity index is 1360. The summed E-state index contributed by atoms with van der Waals surface area (Å²) in [5, 5.41) is 22.0. The average molecular weight is 555 g/mol. The summed E-state index contributed by atoms with van der Waals surface area (Å²) in [6, 6.07) is 3.71. The first-order chi connectivity index (χ1) is 19.1. The highest BCUT2D eigenvalue weighted by molar-refractivity contribution is 6.01. The van der Waals surface area contributed by atoms with Gasteiger partial charge in [0, 0.05) is 19.1 Å². The maximum absolute atomic E-state index is 13.3. The van der Waals surface area contributed by atoms with Gasteiger partial charge in [-0.3, -0.25) is 9.59 Å². The largest absolute Gasteiger partial charge is 0.489 e. The van der Waals surface area contributed by atoms with Crippen molar-refractivity contribution in [3.05, 3.63) is 41.3 Å². The second-order valence-corrected chi connectivity index (χ2v) is 11.3. The van der Waals surface area contributed by atoms with Crippen molar-refractivity contribution in [2.24, 2.45) is 5.73 Å². The summed E-state index contributed by atoms with van der Waals surface area (Å²) < 4.78 is 20.6. The van der Waals surface area contributed by atoms with Crippen LogP contribution in [0.25, 0.3) is 5.52 Å². The van der Waals surface area contributed by atoms with Gasteiger partial charge in [-0.2, -0.15) is 10.2 Å². The molecule has 216 valence electrons. The summed E-state index contributed by atoms with van der Waals surface area (Å²) in [5.74, 6) is 0.621. The fraction of sp³-hybridized carbons (Fsp3) is 0.571. The smallest absolute Gasteiger partial charge is 0.255 e. The number of methoxy groups -OCH3 is 1. The van der Waals surface area contributed by atoms with E-state index in [2.05, 4.69) is 15.5 Å². The van der Waals surface area contributed by atoms with Gasteiger partial charge >= 0.3 is 0 Å². The van der Waals surface area contributed by atoms with Crippen LogP contribution in [-0.2, 0) is 11.3 Å². The number of nitrogens with zero attached hydrogens (tertiary/aromatic N) is 4. The summed E-state index contributed by atoms with van der Waals surface area (Å²) in [5.41, 5.74) is 7.01. The first kappa shape index (κ1) is 27.9. The van der Waals surface area contributed by atoms with Gasteiger partial charge in [-0.25, -0.2) is 9.20 Å². The predicted molar refractivity (Wildman–Crippen MR) is 146 cm³/mol. The van der Waals surface area contributed by atoms with Gasteiger partial charge < -0.3 is 30.4 Å². The minimum atomic E-state index is -0.954. The number of ether oxygens (including phenoxy) is 3. The van der Waals surface area contributed by atoms with Crippen molar-refractivity contribution in [2.75, 3.05) is 20.3 Å². The Morgan fingerprint density at radius 1 is 1.10 bits per heavy atom. The molecule has 0 spiro atoms. The zero-order valence-corrected chi connectivity index (χ0v) is 23.3. The molecule has 0 saturated heterocycles. The second kappa shape index (κ2) is 11.5. The molecule has 2 aliphatic rings. The maximum Gasteiger partial charge on any atom is 0.255 e. The Hall–Kier alpha value is -3.64. The summed E-state index contributed by atoms with van der Waals surface area (Å²) in [6.45, 7) is 4.44. The summed E-state index contributed by atoms with van der Waals surface area (Å²) in [4.78, 5) is 25.2. The molecule has 4 N–H and O–H groups in total. The summed E-state index contributed by atoms with van der Waals surface area (Å²) in [7, 11) is 1.60. The molecule has 0 radical (unpaired) electrons. The van der Waals surface area contributed by atoms with Gasteiger partial charge in [-0.15, -0.1) is 0 Å². The zero-order chi connectivity index (χ0) is 28.4. The molecular weight excluding hydrogens is 516 g/mol. The van der Waals surface area contributed by atoms with Crippen molar-refractivity contribution in [1.29, 1.82) is 0 Å². The van der Waals surface area contributed by atoms with Crippen molar-refractivity contribution < 1.29 is 28.9 Å². The number of primary amides is 1. The van der Waals surface area contributed by atoms with Crippen LogP contribution in [0.2, 0.25) is 0 Å². The number of rotatable bonds is 12. The number of carbonyl (C=O) groups is 2. The lowest BCUT2D eigenvalue weighted by Crippen LogP contribution is -2.40. The molecule has 0 aliphatic heterocycles. The number of pyridine rings is 1. The van der Waals surface area contributed by atoms with Gasteiger partial charge in [0.25, 0.3) is 11.8 Å². The van der Waals surface area contributed by atoms with Crippen LogP contribution < -0.4 is 20.5 Å². The third-order valence-corrected chi connectivity index (χ3v) is 7.32. The molecule has 5 rings (SSSR count). The Labute approximate surface area is 232 Å². The molecule has 0 bridgehead atoms. The van der Waals surface area contributed by atoms with E-state index in [1.807, 2.05) is 12.1 Å². The number of aromatic nitrogens is 4. The van der Waals surface area contributed by atoms with Crippen molar-refractivity contribution in [1.82, 2.24) is 24.7 Å². The van der Waals surface area contributed by atoms with E-state index in [9.17, 15) is 14.7 Å². The number of amides is 2. The fourth-order valence-electron chi connectivity index (χ4n) is 5.09. The molecule has 3 aromatic heterocycles. The first-order valence-corrected chi connectivity index (χ1v) is 13.8. The molecule has 12 heteroatoms. The highest BCUT2D eigenvalue weighted by Gasteiger charge is 2.32. The highest BCUT2D eigenvalue weighted by Crippen LogP contribution is 2.44. The Kier molecular flexibility index (Phi) is 7.99. The Morgan fingerprint density at radius 2 is 1.82 bits per heavy atom. The van der Waals surface area contributed by atoms with Gasteiger partial charge in [-0.05, 0) is 64.5 Å². The van der Waals surface area contributed by atoms with Gasteiger partial charge in [0.2, 0.25) is 5.88 Å². The standard InChI is InChI=1S/C28H38N6O6/c1-28(2,37)16-39-23-11-10-22-20(14-31-34(22)24(23)17-4-5-17)26(36)32-18-6-8-19(9-7-18)40-27-21(25(29)35)15-30-33(27)12-13-38-3/h10-11,14-15,17-19,37H,4-9,12-13,16H2,1-3H3,(H2,29,35)(H,32,36)/t18-,19-. The third-order valence-electron chi connectivity index (χ3n) is 7.32. The van der Waals surface area contributed by atoms with Crippen LogP contribution in [0.3, 0.4) is 0 Å². The van der Waals surface area contributed by atoms with E-state index in [0.717, 1.165) is 36.9 Å². The van der Waals surface area contributed by atoms with Crippen molar-refractivity contribution in [3.8, 4) is 11.6 Å². The molecule has 3 heterocycles.